The minimum atomic E-state index is -0.659. The van der Waals surface area contributed by atoms with Gasteiger partial charge in [0, 0.05) is 35.5 Å². The Morgan fingerprint density at radius 1 is 1.16 bits per heavy atom. The number of anilines is 1. The lowest BCUT2D eigenvalue weighted by atomic mass is 9.46. The SMILES string of the molecule is CSc1cccc(NC(=O)O[C@@H]2CC[C@]3(C)[C@@H](CC[C@@H](O)[C@H]3CC(=O)N3CCC(C)CC3)[C@]2(C)CO)c1. The van der Waals surface area contributed by atoms with E-state index in [0.29, 0.717) is 30.9 Å². The van der Waals surface area contributed by atoms with E-state index in [2.05, 4.69) is 19.2 Å². The molecule has 1 saturated heterocycles. The molecule has 37 heavy (non-hydrogen) atoms. The second kappa shape index (κ2) is 11.5. The fourth-order valence-corrected chi connectivity index (χ4v) is 7.79. The number of carbonyl (C=O) groups is 2. The fraction of sp³-hybridized carbons (Fsp3) is 0.724. The number of nitrogens with one attached hydrogen (secondary N) is 1. The van der Waals surface area contributed by atoms with Gasteiger partial charge in [0.15, 0.2) is 0 Å². The molecule has 2 amide bonds. The van der Waals surface area contributed by atoms with E-state index in [1.54, 1.807) is 11.8 Å². The lowest BCUT2D eigenvalue weighted by Crippen LogP contribution is -2.61. The van der Waals surface area contributed by atoms with E-state index < -0.39 is 23.7 Å². The van der Waals surface area contributed by atoms with Crippen LogP contribution in [0.3, 0.4) is 0 Å². The van der Waals surface area contributed by atoms with Crippen LogP contribution in [0.1, 0.15) is 65.7 Å². The Labute approximate surface area is 225 Å². The molecule has 0 radical (unpaired) electrons. The van der Waals surface area contributed by atoms with E-state index in [1.165, 1.54) is 0 Å². The smallest absolute Gasteiger partial charge is 0.411 e. The first-order valence-electron chi connectivity index (χ1n) is 13.8. The third-order valence-corrected chi connectivity index (χ3v) is 10.5. The molecule has 3 fully saturated rings. The normalized spacial score (nSPS) is 34.5. The molecule has 7 nitrogen and oxygen atoms in total. The molecule has 3 aliphatic rings. The summed E-state index contributed by atoms with van der Waals surface area (Å²) >= 11 is 1.60. The summed E-state index contributed by atoms with van der Waals surface area (Å²) in [6.07, 6.45) is 5.52. The summed E-state index contributed by atoms with van der Waals surface area (Å²) in [6.45, 7) is 7.88. The molecule has 0 bridgehead atoms. The number of likely N-dealkylation sites (tertiary alicyclic amines) is 1. The van der Waals surface area contributed by atoms with Crippen LogP contribution in [0, 0.1) is 28.6 Å². The first-order valence-corrected chi connectivity index (χ1v) is 15.0. The first-order chi connectivity index (χ1) is 17.6. The summed E-state index contributed by atoms with van der Waals surface area (Å²) in [6, 6.07) is 7.61. The van der Waals surface area contributed by atoms with Crippen molar-refractivity contribution in [1.82, 2.24) is 4.90 Å². The Morgan fingerprint density at radius 3 is 2.57 bits per heavy atom. The number of hydrogen-bond acceptors (Lipinski definition) is 6. The van der Waals surface area contributed by atoms with Gasteiger partial charge < -0.3 is 19.8 Å². The molecule has 1 aliphatic heterocycles. The summed E-state index contributed by atoms with van der Waals surface area (Å²) in [4.78, 5) is 29.2. The maximum Gasteiger partial charge on any atom is 0.411 e. The zero-order valence-electron chi connectivity index (χ0n) is 22.7. The molecule has 2 saturated carbocycles. The number of thioether (sulfide) groups is 1. The highest BCUT2D eigenvalue weighted by Gasteiger charge is 2.60. The Morgan fingerprint density at radius 2 is 1.89 bits per heavy atom. The van der Waals surface area contributed by atoms with Gasteiger partial charge in [-0.05, 0) is 86.1 Å². The molecule has 1 heterocycles. The number of fused-ring (bicyclic) bond motifs is 1. The van der Waals surface area contributed by atoms with Crippen molar-refractivity contribution >= 4 is 29.4 Å². The maximum absolute atomic E-state index is 13.3. The van der Waals surface area contributed by atoms with Gasteiger partial charge in [0.2, 0.25) is 5.91 Å². The van der Waals surface area contributed by atoms with Crippen LogP contribution in [-0.2, 0) is 9.53 Å². The lowest BCUT2D eigenvalue weighted by Gasteiger charge is -2.60. The second-order valence-corrected chi connectivity index (χ2v) is 12.9. The third kappa shape index (κ3) is 5.81. The van der Waals surface area contributed by atoms with Gasteiger partial charge in [-0.1, -0.05) is 26.8 Å². The Kier molecular flexibility index (Phi) is 8.81. The van der Waals surface area contributed by atoms with E-state index in [9.17, 15) is 19.8 Å². The molecule has 4 rings (SSSR count). The highest BCUT2D eigenvalue weighted by Crippen LogP contribution is 2.61. The van der Waals surface area contributed by atoms with Crippen LogP contribution in [0.5, 0.6) is 0 Å². The predicted molar refractivity (Wildman–Crippen MR) is 146 cm³/mol. The van der Waals surface area contributed by atoms with Gasteiger partial charge in [0.1, 0.15) is 6.10 Å². The Hall–Kier alpha value is -1.77. The van der Waals surface area contributed by atoms with Crippen molar-refractivity contribution in [1.29, 1.82) is 0 Å². The number of aliphatic hydroxyl groups excluding tert-OH is 2. The number of ether oxygens (including phenoxy) is 1. The van der Waals surface area contributed by atoms with E-state index in [4.69, 9.17) is 4.74 Å². The van der Waals surface area contributed by atoms with Crippen LogP contribution in [0.2, 0.25) is 0 Å². The number of amides is 2. The van der Waals surface area contributed by atoms with Crippen LogP contribution in [0.25, 0.3) is 0 Å². The number of rotatable bonds is 6. The average molecular weight is 533 g/mol. The summed E-state index contributed by atoms with van der Waals surface area (Å²) in [5, 5.41) is 24.6. The number of hydrogen-bond donors (Lipinski definition) is 3. The Bertz CT molecular complexity index is 967. The second-order valence-electron chi connectivity index (χ2n) is 12.0. The predicted octanol–water partition coefficient (Wildman–Crippen LogP) is 5.16. The van der Waals surface area contributed by atoms with Crippen LogP contribution in [0.4, 0.5) is 10.5 Å². The summed E-state index contributed by atoms with van der Waals surface area (Å²) in [5.41, 5.74) is -0.306. The average Bonchev–Trinajstić information content (AvgIpc) is 2.88. The van der Waals surface area contributed by atoms with Crippen molar-refractivity contribution in [2.75, 3.05) is 31.3 Å². The van der Waals surface area contributed by atoms with E-state index in [0.717, 1.165) is 43.7 Å². The van der Waals surface area contributed by atoms with Gasteiger partial charge in [0.05, 0.1) is 12.7 Å². The molecule has 8 heteroatoms. The molecule has 0 unspecified atom stereocenters. The molecular formula is C29H44N2O5S. The Balaban J connectivity index is 1.47. The van der Waals surface area contributed by atoms with Gasteiger partial charge in [0.25, 0.3) is 0 Å². The standard InChI is InChI=1S/C29H44N2O5S/c1-19-11-14-31(15-12-19)26(34)17-22-23(33)8-9-24-28(22,2)13-10-25(29(24,3)18-32)36-27(35)30-20-6-5-7-21(16-20)37-4/h5-7,16,19,22-25,32-33H,8-15,17-18H2,1-4H3,(H,30,35)/t22-,23-,24-,25-,28+,29+/m1/s1. The number of benzene rings is 1. The van der Waals surface area contributed by atoms with Crippen LogP contribution < -0.4 is 5.32 Å². The van der Waals surface area contributed by atoms with Crippen molar-refractivity contribution < 1.29 is 24.5 Å². The van der Waals surface area contributed by atoms with Crippen LogP contribution in [-0.4, -0.2) is 65.3 Å². The molecule has 206 valence electrons. The van der Waals surface area contributed by atoms with E-state index >= 15 is 0 Å². The molecule has 6 atom stereocenters. The highest BCUT2D eigenvalue weighted by molar-refractivity contribution is 7.98. The van der Waals surface area contributed by atoms with Crippen molar-refractivity contribution in [3.05, 3.63) is 24.3 Å². The molecule has 0 spiro atoms. The van der Waals surface area contributed by atoms with Crippen molar-refractivity contribution in [2.24, 2.45) is 28.6 Å². The van der Waals surface area contributed by atoms with Gasteiger partial charge in [-0.3, -0.25) is 10.1 Å². The van der Waals surface area contributed by atoms with E-state index in [-0.39, 0.29) is 29.8 Å². The topological polar surface area (TPSA) is 99.1 Å². The zero-order valence-corrected chi connectivity index (χ0v) is 23.6. The van der Waals surface area contributed by atoms with Gasteiger partial charge in [-0.25, -0.2) is 4.79 Å². The van der Waals surface area contributed by atoms with Gasteiger partial charge >= 0.3 is 6.09 Å². The monoisotopic (exact) mass is 532 g/mol. The lowest BCUT2D eigenvalue weighted by molar-refractivity contribution is -0.186. The van der Waals surface area contributed by atoms with Crippen LogP contribution >= 0.6 is 11.8 Å². The van der Waals surface area contributed by atoms with Crippen LogP contribution in [0.15, 0.2) is 29.2 Å². The largest absolute Gasteiger partial charge is 0.445 e. The minimum Gasteiger partial charge on any atom is -0.445 e. The fourth-order valence-electron chi connectivity index (χ4n) is 7.33. The maximum atomic E-state index is 13.3. The minimum absolute atomic E-state index is 0.0268. The number of nitrogens with zero attached hydrogens (tertiary/aromatic N) is 1. The number of aliphatic hydroxyl groups is 2. The highest BCUT2D eigenvalue weighted by atomic mass is 32.2. The van der Waals surface area contributed by atoms with Crippen molar-refractivity contribution in [3.63, 3.8) is 0 Å². The molecule has 1 aromatic rings. The molecule has 2 aliphatic carbocycles. The first kappa shape index (κ1) is 28.2. The summed E-state index contributed by atoms with van der Waals surface area (Å²) in [7, 11) is 0. The molecular weight excluding hydrogens is 488 g/mol. The number of carbonyl (C=O) groups excluding carboxylic acids is 2. The molecule has 0 aromatic heterocycles. The third-order valence-electron chi connectivity index (χ3n) is 9.77. The zero-order chi connectivity index (χ0) is 26.8. The summed E-state index contributed by atoms with van der Waals surface area (Å²) in [5.74, 6) is 0.638. The van der Waals surface area contributed by atoms with Gasteiger partial charge in [-0.2, -0.15) is 0 Å². The number of piperidine rings is 1. The summed E-state index contributed by atoms with van der Waals surface area (Å²) < 4.78 is 5.96. The molecule has 3 N–H and O–H groups in total. The van der Waals surface area contributed by atoms with Crippen molar-refractivity contribution in [3.8, 4) is 0 Å². The van der Waals surface area contributed by atoms with Crippen molar-refractivity contribution in [2.45, 2.75) is 82.8 Å². The van der Waals surface area contributed by atoms with Gasteiger partial charge in [-0.15, -0.1) is 11.8 Å². The van der Waals surface area contributed by atoms with E-state index in [1.807, 2.05) is 42.3 Å². The molecule has 1 aromatic carbocycles. The quantitative estimate of drug-likeness (QED) is 0.438.